The minimum atomic E-state index is -3.81. The van der Waals surface area contributed by atoms with Crippen LogP contribution >= 0.6 is 23.2 Å². The van der Waals surface area contributed by atoms with Gasteiger partial charge in [-0.25, -0.2) is 8.42 Å². The number of anilines is 2. The molecule has 0 saturated heterocycles. The van der Waals surface area contributed by atoms with E-state index in [1.54, 1.807) is 43.3 Å². The molecule has 27 heavy (non-hydrogen) atoms. The first kappa shape index (κ1) is 21.3. The third kappa shape index (κ3) is 5.28. The van der Waals surface area contributed by atoms with Crippen molar-refractivity contribution in [3.05, 3.63) is 52.5 Å². The summed E-state index contributed by atoms with van der Waals surface area (Å²) in [5.74, 6) is -0.185. The van der Waals surface area contributed by atoms with Crippen molar-refractivity contribution in [3.8, 4) is 5.75 Å². The van der Waals surface area contributed by atoms with Gasteiger partial charge in [0.15, 0.2) is 0 Å². The van der Waals surface area contributed by atoms with E-state index in [0.717, 1.165) is 10.6 Å². The van der Waals surface area contributed by atoms with Gasteiger partial charge in [0.05, 0.1) is 19.1 Å². The van der Waals surface area contributed by atoms with Crippen LogP contribution in [0, 0.1) is 0 Å². The molecule has 2 aromatic carbocycles. The molecule has 1 N–H and O–H groups in total. The van der Waals surface area contributed by atoms with Gasteiger partial charge in [0.25, 0.3) is 0 Å². The van der Waals surface area contributed by atoms with Gasteiger partial charge < -0.3 is 10.1 Å². The first-order chi connectivity index (χ1) is 12.7. The normalized spacial score (nSPS) is 12.3. The summed E-state index contributed by atoms with van der Waals surface area (Å²) in [5, 5.41) is 3.57. The summed E-state index contributed by atoms with van der Waals surface area (Å²) in [5.41, 5.74) is 0.708. The first-order valence-corrected chi connectivity index (χ1v) is 10.7. The number of hydrogen-bond acceptors (Lipinski definition) is 4. The maximum absolute atomic E-state index is 12.9. The predicted molar refractivity (Wildman–Crippen MR) is 109 cm³/mol. The topological polar surface area (TPSA) is 75.7 Å². The van der Waals surface area contributed by atoms with Crippen LogP contribution in [0.15, 0.2) is 42.5 Å². The van der Waals surface area contributed by atoms with Gasteiger partial charge in [0.1, 0.15) is 11.8 Å². The number of halogens is 2. The minimum Gasteiger partial charge on any atom is -0.495 e. The number of amides is 1. The molecule has 0 aliphatic rings. The van der Waals surface area contributed by atoms with E-state index in [0.29, 0.717) is 21.5 Å². The highest BCUT2D eigenvalue weighted by atomic mass is 35.5. The van der Waals surface area contributed by atoms with Crippen molar-refractivity contribution < 1.29 is 17.9 Å². The van der Waals surface area contributed by atoms with Crippen LogP contribution in [0.5, 0.6) is 5.75 Å². The molecule has 9 heteroatoms. The van der Waals surface area contributed by atoms with Crippen molar-refractivity contribution in [2.75, 3.05) is 23.0 Å². The molecule has 1 amide bonds. The number of methoxy groups -OCH3 is 1. The van der Waals surface area contributed by atoms with Crippen molar-refractivity contribution in [1.29, 1.82) is 0 Å². The highest BCUT2D eigenvalue weighted by Gasteiger charge is 2.33. The molecule has 6 nitrogen and oxygen atoms in total. The second-order valence-corrected chi connectivity index (χ2v) is 8.53. The van der Waals surface area contributed by atoms with Crippen LogP contribution in [0.25, 0.3) is 0 Å². The second kappa shape index (κ2) is 8.82. The summed E-state index contributed by atoms with van der Waals surface area (Å²) < 4.78 is 31.4. The Bertz CT molecular complexity index is 917. The Morgan fingerprint density at radius 3 is 2.26 bits per heavy atom. The van der Waals surface area contributed by atoms with Crippen LogP contribution < -0.4 is 14.4 Å². The number of nitrogens with zero attached hydrogens (tertiary/aromatic N) is 1. The Morgan fingerprint density at radius 2 is 1.74 bits per heavy atom. The van der Waals surface area contributed by atoms with Crippen LogP contribution in [0.3, 0.4) is 0 Å². The predicted octanol–water partition coefficient (Wildman–Crippen LogP) is 4.19. The largest absolute Gasteiger partial charge is 0.495 e. The van der Waals surface area contributed by atoms with E-state index in [1.807, 2.05) is 0 Å². The molecule has 146 valence electrons. The van der Waals surface area contributed by atoms with E-state index >= 15 is 0 Å². The quantitative estimate of drug-likeness (QED) is 0.714. The molecule has 0 aromatic heterocycles. The summed E-state index contributed by atoms with van der Waals surface area (Å²) >= 11 is 11.9. The number of carbonyl (C=O) groups excluding carboxylic acids is 1. The van der Waals surface area contributed by atoms with Crippen molar-refractivity contribution in [2.45, 2.75) is 19.4 Å². The van der Waals surface area contributed by atoms with E-state index in [1.165, 1.54) is 13.2 Å². The third-order valence-electron chi connectivity index (χ3n) is 3.82. The lowest BCUT2D eigenvalue weighted by Gasteiger charge is -2.31. The van der Waals surface area contributed by atoms with Crippen LogP contribution in [-0.4, -0.2) is 33.7 Å². The van der Waals surface area contributed by atoms with E-state index in [9.17, 15) is 13.2 Å². The average Bonchev–Trinajstić information content (AvgIpc) is 2.60. The molecule has 0 bridgehead atoms. The molecule has 0 radical (unpaired) electrons. The molecule has 0 unspecified atom stereocenters. The first-order valence-electron chi connectivity index (χ1n) is 8.06. The summed E-state index contributed by atoms with van der Waals surface area (Å²) in [6.07, 6.45) is 1.27. The Kier molecular flexibility index (Phi) is 6.97. The van der Waals surface area contributed by atoms with E-state index in [-0.39, 0.29) is 12.1 Å². The van der Waals surface area contributed by atoms with Crippen LogP contribution in [0.4, 0.5) is 11.4 Å². The van der Waals surface area contributed by atoms with Crippen molar-refractivity contribution in [3.63, 3.8) is 0 Å². The van der Waals surface area contributed by atoms with Crippen LogP contribution in [-0.2, 0) is 14.8 Å². The van der Waals surface area contributed by atoms with Crippen molar-refractivity contribution >= 4 is 50.5 Å². The number of nitrogens with one attached hydrogen (secondary N) is 1. The Balaban J connectivity index is 2.46. The summed E-state index contributed by atoms with van der Waals surface area (Å²) in [7, 11) is -2.39. The Morgan fingerprint density at radius 1 is 1.15 bits per heavy atom. The molecular weight excluding hydrogens is 411 g/mol. The molecule has 0 fully saturated rings. The fourth-order valence-corrected chi connectivity index (χ4v) is 4.13. The molecule has 0 heterocycles. The molecule has 1 atom stereocenters. The molecule has 2 aromatic rings. The lowest BCUT2D eigenvalue weighted by atomic mass is 10.1. The second-order valence-electron chi connectivity index (χ2n) is 5.80. The van der Waals surface area contributed by atoms with Gasteiger partial charge in [-0.1, -0.05) is 30.1 Å². The standard InChI is InChI=1S/C18H20Cl2N2O4S/c1-4-15(18(23)21-14-8-5-12(19)6-9-14)22(27(3,24)25)16-11-13(20)7-10-17(16)26-2/h5-11,15H,4H2,1-3H3,(H,21,23)/t15-/m0/s1. The van der Waals surface area contributed by atoms with Gasteiger partial charge in [0.2, 0.25) is 15.9 Å². The fourth-order valence-electron chi connectivity index (χ4n) is 2.63. The average molecular weight is 431 g/mol. The molecule has 0 saturated carbocycles. The molecule has 0 aliphatic heterocycles. The van der Waals surface area contributed by atoms with Crippen LogP contribution in [0.2, 0.25) is 10.0 Å². The van der Waals surface area contributed by atoms with Gasteiger partial charge in [-0.3, -0.25) is 9.10 Å². The smallest absolute Gasteiger partial charge is 0.248 e. The van der Waals surface area contributed by atoms with E-state index in [4.69, 9.17) is 27.9 Å². The van der Waals surface area contributed by atoms with E-state index in [2.05, 4.69) is 5.32 Å². The molecular formula is C18H20Cl2N2O4S. The van der Waals surface area contributed by atoms with Gasteiger partial charge >= 0.3 is 0 Å². The number of carbonyl (C=O) groups is 1. The maximum atomic E-state index is 12.9. The molecule has 0 spiro atoms. The zero-order chi connectivity index (χ0) is 20.2. The number of hydrogen-bond donors (Lipinski definition) is 1. The van der Waals surface area contributed by atoms with Gasteiger partial charge in [-0.05, 0) is 48.9 Å². The SMILES string of the molecule is CC[C@@H](C(=O)Nc1ccc(Cl)cc1)N(c1cc(Cl)ccc1OC)S(C)(=O)=O. The third-order valence-corrected chi connectivity index (χ3v) is 5.47. The van der Waals surface area contributed by atoms with E-state index < -0.39 is 22.0 Å². The highest BCUT2D eigenvalue weighted by Crippen LogP contribution is 2.35. The van der Waals surface area contributed by atoms with Gasteiger partial charge in [0, 0.05) is 15.7 Å². The highest BCUT2D eigenvalue weighted by molar-refractivity contribution is 7.92. The Hall–Kier alpha value is -1.96. The lowest BCUT2D eigenvalue weighted by molar-refractivity contribution is -0.117. The number of rotatable bonds is 7. The van der Waals surface area contributed by atoms with Crippen LogP contribution in [0.1, 0.15) is 13.3 Å². The van der Waals surface area contributed by atoms with Gasteiger partial charge in [-0.2, -0.15) is 0 Å². The summed E-state index contributed by atoms with van der Waals surface area (Å²) in [6, 6.07) is 10.1. The molecule has 0 aliphatic carbocycles. The zero-order valence-corrected chi connectivity index (χ0v) is 17.4. The lowest BCUT2D eigenvalue weighted by Crippen LogP contribution is -2.47. The Labute approximate surface area is 169 Å². The van der Waals surface area contributed by atoms with Crippen molar-refractivity contribution in [1.82, 2.24) is 0 Å². The number of benzene rings is 2. The van der Waals surface area contributed by atoms with Gasteiger partial charge in [-0.15, -0.1) is 0 Å². The minimum absolute atomic E-state index is 0.200. The summed E-state index contributed by atoms with van der Waals surface area (Å²) in [4.78, 5) is 12.9. The number of ether oxygens (including phenoxy) is 1. The molecule has 2 rings (SSSR count). The summed E-state index contributed by atoms with van der Waals surface area (Å²) in [6.45, 7) is 1.72. The zero-order valence-electron chi connectivity index (χ0n) is 15.1. The fraction of sp³-hybridized carbons (Fsp3) is 0.278. The number of sulfonamides is 1. The van der Waals surface area contributed by atoms with Crippen molar-refractivity contribution in [2.24, 2.45) is 0 Å². The maximum Gasteiger partial charge on any atom is 0.248 e. The monoisotopic (exact) mass is 430 g/mol.